The number of hydrogen-bond donors (Lipinski definition) is 1. The van der Waals surface area contributed by atoms with E-state index < -0.39 is 0 Å². The molecule has 33 heavy (non-hydrogen) atoms. The molecule has 3 aromatic heterocycles. The molecule has 5 rings (SSSR count). The van der Waals surface area contributed by atoms with Crippen LogP contribution in [0.1, 0.15) is 16.1 Å². The molecule has 0 aliphatic carbocycles. The lowest BCUT2D eigenvalue weighted by Gasteiger charge is -2.10. The third-order valence-electron chi connectivity index (χ3n) is 5.27. The average Bonchev–Trinajstić information content (AvgIpc) is 3.32. The Hall–Kier alpha value is -4.52. The number of rotatable bonds is 6. The molecule has 7 nitrogen and oxygen atoms in total. The number of aromatic nitrogens is 4. The van der Waals surface area contributed by atoms with Crippen LogP contribution < -0.4 is 10.1 Å². The Balaban J connectivity index is 1.59. The van der Waals surface area contributed by atoms with Gasteiger partial charge in [-0.15, -0.1) is 0 Å². The van der Waals surface area contributed by atoms with Crippen LogP contribution in [0.5, 0.6) is 5.75 Å². The number of hydrogen-bond acceptors (Lipinski definition) is 5. The maximum atomic E-state index is 13.2. The van der Waals surface area contributed by atoms with Gasteiger partial charge < -0.3 is 10.1 Å². The summed E-state index contributed by atoms with van der Waals surface area (Å²) >= 11 is 0. The molecule has 0 radical (unpaired) electrons. The van der Waals surface area contributed by atoms with Gasteiger partial charge in [-0.25, -0.2) is 9.50 Å². The van der Waals surface area contributed by atoms with Gasteiger partial charge in [0.1, 0.15) is 11.4 Å². The number of methoxy groups -OCH3 is 1. The lowest BCUT2D eigenvalue weighted by atomic mass is 10.1. The van der Waals surface area contributed by atoms with Crippen molar-refractivity contribution in [1.82, 2.24) is 24.9 Å². The Morgan fingerprint density at radius 1 is 0.939 bits per heavy atom. The van der Waals surface area contributed by atoms with E-state index >= 15 is 0 Å². The molecule has 0 aliphatic heterocycles. The zero-order chi connectivity index (χ0) is 22.6. The molecule has 0 saturated carbocycles. The summed E-state index contributed by atoms with van der Waals surface area (Å²) in [6.45, 7) is 0.359. The molecule has 5 aromatic rings. The molecule has 3 heterocycles. The van der Waals surface area contributed by atoms with E-state index in [-0.39, 0.29) is 5.91 Å². The largest absolute Gasteiger partial charge is 0.497 e. The maximum Gasteiger partial charge on any atom is 0.270 e. The van der Waals surface area contributed by atoms with E-state index in [0.29, 0.717) is 23.6 Å². The lowest BCUT2D eigenvalue weighted by molar-refractivity contribution is 0.0943. The topological polar surface area (TPSA) is 81.4 Å². The summed E-state index contributed by atoms with van der Waals surface area (Å²) in [7, 11) is 1.62. The van der Waals surface area contributed by atoms with Gasteiger partial charge in [0, 0.05) is 36.1 Å². The second kappa shape index (κ2) is 8.92. The highest BCUT2D eigenvalue weighted by Gasteiger charge is 2.17. The first-order chi connectivity index (χ1) is 16.2. The van der Waals surface area contributed by atoms with E-state index in [1.807, 2.05) is 72.8 Å². The van der Waals surface area contributed by atoms with Gasteiger partial charge in [0.05, 0.1) is 18.5 Å². The van der Waals surface area contributed by atoms with E-state index in [2.05, 4.69) is 15.4 Å². The number of fused-ring (bicyclic) bond motifs is 1. The minimum absolute atomic E-state index is 0.252. The summed E-state index contributed by atoms with van der Waals surface area (Å²) in [6.07, 6.45) is 3.43. The van der Waals surface area contributed by atoms with Gasteiger partial charge in [-0.1, -0.05) is 48.5 Å². The lowest BCUT2D eigenvalue weighted by Crippen LogP contribution is -2.25. The number of amides is 1. The molecule has 2 aromatic carbocycles. The average molecular weight is 435 g/mol. The number of ether oxygens (including phenoxy) is 1. The highest BCUT2D eigenvalue weighted by Crippen LogP contribution is 2.26. The second-order valence-corrected chi connectivity index (χ2v) is 7.47. The predicted molar refractivity (Wildman–Crippen MR) is 126 cm³/mol. The molecular formula is C26H21N5O2. The first-order valence-electron chi connectivity index (χ1n) is 10.5. The van der Waals surface area contributed by atoms with E-state index in [0.717, 1.165) is 28.1 Å². The summed E-state index contributed by atoms with van der Waals surface area (Å²) in [4.78, 5) is 22.1. The molecule has 7 heteroatoms. The van der Waals surface area contributed by atoms with Gasteiger partial charge in [0.15, 0.2) is 5.65 Å². The fourth-order valence-corrected chi connectivity index (χ4v) is 3.59. The predicted octanol–water partition coefficient (Wildman–Crippen LogP) is 4.40. The van der Waals surface area contributed by atoms with Gasteiger partial charge in [-0.05, 0) is 29.8 Å². The first-order valence-corrected chi connectivity index (χ1v) is 10.5. The summed E-state index contributed by atoms with van der Waals surface area (Å²) in [5, 5.41) is 7.65. The van der Waals surface area contributed by atoms with Crippen molar-refractivity contribution in [3.05, 3.63) is 103 Å². The summed E-state index contributed by atoms with van der Waals surface area (Å²) in [5.74, 6) is 0.466. The maximum absolute atomic E-state index is 13.2. The van der Waals surface area contributed by atoms with Gasteiger partial charge >= 0.3 is 0 Å². The van der Waals surface area contributed by atoms with Gasteiger partial charge in [-0.2, -0.15) is 5.10 Å². The van der Waals surface area contributed by atoms with Gasteiger partial charge in [0.2, 0.25) is 0 Å². The third-order valence-corrected chi connectivity index (χ3v) is 5.27. The third kappa shape index (κ3) is 4.29. The van der Waals surface area contributed by atoms with E-state index in [4.69, 9.17) is 9.72 Å². The fraction of sp³-hybridized carbons (Fsp3) is 0.0769. The molecule has 0 unspecified atom stereocenters. The van der Waals surface area contributed by atoms with Crippen LogP contribution in [0.4, 0.5) is 0 Å². The normalized spacial score (nSPS) is 10.8. The monoisotopic (exact) mass is 435 g/mol. The van der Waals surface area contributed by atoms with Crippen LogP contribution in [0.3, 0.4) is 0 Å². The Bertz CT molecular complexity index is 1420. The Labute approximate surface area is 190 Å². The number of pyridine rings is 1. The van der Waals surface area contributed by atoms with Crippen LogP contribution in [0.2, 0.25) is 0 Å². The van der Waals surface area contributed by atoms with Crippen LogP contribution >= 0.6 is 0 Å². The highest BCUT2D eigenvalue weighted by atomic mass is 16.5. The Morgan fingerprint density at radius 2 is 1.79 bits per heavy atom. The zero-order valence-corrected chi connectivity index (χ0v) is 18.0. The first kappa shape index (κ1) is 20.4. The minimum atomic E-state index is -0.252. The van der Waals surface area contributed by atoms with E-state index in [1.165, 1.54) is 0 Å². The van der Waals surface area contributed by atoms with Crippen molar-refractivity contribution in [3.63, 3.8) is 0 Å². The van der Waals surface area contributed by atoms with Crippen molar-refractivity contribution in [2.45, 2.75) is 6.54 Å². The van der Waals surface area contributed by atoms with Crippen LogP contribution in [-0.4, -0.2) is 32.6 Å². The number of carbonyl (C=O) groups excluding carboxylic acids is 1. The second-order valence-electron chi connectivity index (χ2n) is 7.47. The SMILES string of the molecule is COc1cccc(-c2cc(C(=O)NCc3cccnc3)n3nc(-c4ccccc4)cc3n2)c1. The molecule has 1 N–H and O–H groups in total. The molecule has 0 bridgehead atoms. The van der Waals surface area contributed by atoms with E-state index in [1.54, 1.807) is 30.1 Å². The van der Waals surface area contributed by atoms with Crippen molar-refractivity contribution < 1.29 is 9.53 Å². The molecule has 0 saturated heterocycles. The molecule has 0 atom stereocenters. The van der Waals surface area contributed by atoms with Crippen molar-refractivity contribution >= 4 is 11.6 Å². The van der Waals surface area contributed by atoms with Crippen molar-refractivity contribution in [2.75, 3.05) is 7.11 Å². The van der Waals surface area contributed by atoms with Gasteiger partial charge in [-0.3, -0.25) is 9.78 Å². The number of benzene rings is 2. The minimum Gasteiger partial charge on any atom is -0.497 e. The number of nitrogens with zero attached hydrogens (tertiary/aromatic N) is 4. The standard InChI is InChI=1S/C26H21N5O2/c1-33-21-11-5-10-20(13-21)22-14-24(26(32)28-17-18-7-6-12-27-16-18)31-25(29-22)15-23(30-31)19-8-3-2-4-9-19/h2-16H,17H2,1H3,(H,28,32). The van der Waals surface area contributed by atoms with E-state index in [9.17, 15) is 4.79 Å². The number of nitrogens with one attached hydrogen (secondary N) is 1. The molecular weight excluding hydrogens is 414 g/mol. The Kier molecular flexibility index (Phi) is 5.51. The van der Waals surface area contributed by atoms with Crippen LogP contribution in [0.25, 0.3) is 28.2 Å². The van der Waals surface area contributed by atoms with Crippen LogP contribution in [0.15, 0.2) is 91.3 Å². The van der Waals surface area contributed by atoms with Crippen LogP contribution in [-0.2, 0) is 6.54 Å². The van der Waals surface area contributed by atoms with Crippen molar-refractivity contribution in [2.24, 2.45) is 0 Å². The molecule has 162 valence electrons. The summed E-state index contributed by atoms with van der Waals surface area (Å²) in [6, 6.07) is 24.8. The van der Waals surface area contributed by atoms with Gasteiger partial charge in [0.25, 0.3) is 5.91 Å². The van der Waals surface area contributed by atoms with Crippen molar-refractivity contribution in [3.8, 4) is 28.3 Å². The van der Waals surface area contributed by atoms with Crippen molar-refractivity contribution in [1.29, 1.82) is 0 Å². The summed E-state index contributed by atoms with van der Waals surface area (Å²) < 4.78 is 6.95. The molecule has 0 fully saturated rings. The quantitative estimate of drug-likeness (QED) is 0.428. The highest BCUT2D eigenvalue weighted by molar-refractivity contribution is 5.94. The summed E-state index contributed by atoms with van der Waals surface area (Å²) in [5.41, 5.74) is 5.09. The molecule has 1 amide bonds. The zero-order valence-electron chi connectivity index (χ0n) is 18.0. The van der Waals surface area contributed by atoms with Crippen LogP contribution in [0, 0.1) is 0 Å². The molecule has 0 spiro atoms. The molecule has 0 aliphatic rings. The fourth-order valence-electron chi connectivity index (χ4n) is 3.59. The smallest absolute Gasteiger partial charge is 0.270 e. The number of carbonyl (C=O) groups is 1. The Morgan fingerprint density at radius 3 is 2.58 bits per heavy atom.